The molecule has 4 rings (SSSR count). The lowest BCUT2D eigenvalue weighted by molar-refractivity contribution is -0.115. The number of rotatable bonds is 8. The van der Waals surface area contributed by atoms with E-state index in [0.717, 1.165) is 40.6 Å². The molecule has 1 aliphatic carbocycles. The Balaban J connectivity index is 1.50. The normalized spacial score (nSPS) is 14.4. The molecule has 1 heterocycles. The van der Waals surface area contributed by atoms with E-state index in [1.165, 1.54) is 11.8 Å². The van der Waals surface area contributed by atoms with Crippen LogP contribution in [0, 0.1) is 0 Å². The Labute approximate surface area is 175 Å². The second kappa shape index (κ2) is 8.66. The Morgan fingerprint density at radius 3 is 2.66 bits per heavy atom. The number of hydrogen-bond acceptors (Lipinski definition) is 4. The molecular formula is C23H24N4OS. The molecule has 29 heavy (non-hydrogen) atoms. The van der Waals surface area contributed by atoms with Crippen molar-refractivity contribution in [2.24, 2.45) is 0 Å². The van der Waals surface area contributed by atoms with Crippen LogP contribution in [-0.4, -0.2) is 25.9 Å². The molecule has 1 amide bonds. The van der Waals surface area contributed by atoms with Crippen LogP contribution in [0.15, 0.2) is 72.4 Å². The van der Waals surface area contributed by atoms with E-state index in [1.54, 1.807) is 0 Å². The molecule has 1 unspecified atom stereocenters. The van der Waals surface area contributed by atoms with Crippen LogP contribution in [0.2, 0.25) is 0 Å². The van der Waals surface area contributed by atoms with Crippen molar-refractivity contribution in [1.29, 1.82) is 0 Å². The number of para-hydroxylation sites is 1. The van der Waals surface area contributed by atoms with Gasteiger partial charge in [0, 0.05) is 23.7 Å². The van der Waals surface area contributed by atoms with Gasteiger partial charge in [-0.25, -0.2) is 0 Å². The number of amides is 1. The first-order valence-corrected chi connectivity index (χ1v) is 10.7. The summed E-state index contributed by atoms with van der Waals surface area (Å²) < 4.78 is 2.08. The van der Waals surface area contributed by atoms with Crippen molar-refractivity contribution >= 4 is 23.4 Å². The molecule has 0 radical (unpaired) electrons. The van der Waals surface area contributed by atoms with Crippen LogP contribution < -0.4 is 5.32 Å². The Morgan fingerprint density at radius 2 is 1.93 bits per heavy atom. The molecule has 2 aromatic carbocycles. The number of carbonyl (C=O) groups excluding carboxylic acids is 1. The number of aromatic nitrogens is 3. The highest BCUT2D eigenvalue weighted by Crippen LogP contribution is 2.40. The summed E-state index contributed by atoms with van der Waals surface area (Å²) in [5.74, 6) is 1.45. The van der Waals surface area contributed by atoms with Crippen molar-refractivity contribution in [2.75, 3.05) is 5.32 Å². The van der Waals surface area contributed by atoms with E-state index in [-0.39, 0.29) is 11.2 Å². The summed E-state index contributed by atoms with van der Waals surface area (Å²) in [5.41, 5.74) is 2.88. The van der Waals surface area contributed by atoms with Crippen LogP contribution in [0.4, 0.5) is 5.69 Å². The van der Waals surface area contributed by atoms with Gasteiger partial charge < -0.3 is 9.88 Å². The largest absolute Gasteiger partial charge is 0.325 e. The molecule has 0 bridgehead atoms. The van der Waals surface area contributed by atoms with Gasteiger partial charge >= 0.3 is 0 Å². The van der Waals surface area contributed by atoms with Gasteiger partial charge in [-0.1, -0.05) is 66.4 Å². The first-order valence-electron chi connectivity index (χ1n) is 9.83. The van der Waals surface area contributed by atoms with Gasteiger partial charge in [-0.05, 0) is 31.4 Å². The zero-order chi connectivity index (χ0) is 20.2. The molecule has 0 spiro atoms. The fraction of sp³-hybridized carbons (Fsp3) is 0.261. The summed E-state index contributed by atoms with van der Waals surface area (Å²) >= 11 is 1.43. The quantitative estimate of drug-likeness (QED) is 0.418. The van der Waals surface area contributed by atoms with Crippen molar-refractivity contribution in [1.82, 2.24) is 14.8 Å². The van der Waals surface area contributed by atoms with E-state index in [4.69, 9.17) is 0 Å². The van der Waals surface area contributed by atoms with Crippen LogP contribution >= 0.6 is 11.8 Å². The number of anilines is 1. The third kappa shape index (κ3) is 4.43. The van der Waals surface area contributed by atoms with Gasteiger partial charge in [0.05, 0.1) is 5.25 Å². The smallest absolute Gasteiger partial charge is 0.237 e. The standard InChI is InChI=1S/C23H24N4OS/c1-3-15-27-21(18-13-14-18)25-26-23(27)29-16(2)22(28)24-20-12-8-7-11-19(20)17-9-5-4-6-10-17/h3-12,16,18H,1,13-15H2,2H3,(H,24,28). The molecule has 1 aromatic heterocycles. The highest BCUT2D eigenvalue weighted by atomic mass is 32.2. The van der Waals surface area contributed by atoms with E-state index < -0.39 is 0 Å². The lowest BCUT2D eigenvalue weighted by Gasteiger charge is -2.15. The number of nitrogens with zero attached hydrogens (tertiary/aromatic N) is 3. The monoisotopic (exact) mass is 404 g/mol. The second-order valence-electron chi connectivity index (χ2n) is 7.18. The third-order valence-corrected chi connectivity index (χ3v) is 6.00. The van der Waals surface area contributed by atoms with Crippen LogP contribution in [-0.2, 0) is 11.3 Å². The van der Waals surface area contributed by atoms with E-state index in [2.05, 4.69) is 26.7 Å². The van der Waals surface area contributed by atoms with Crippen LogP contribution in [0.1, 0.15) is 31.5 Å². The van der Waals surface area contributed by atoms with Crippen LogP contribution in [0.3, 0.4) is 0 Å². The summed E-state index contributed by atoms with van der Waals surface area (Å²) in [7, 11) is 0. The summed E-state index contributed by atoms with van der Waals surface area (Å²) in [6.07, 6.45) is 4.17. The number of hydrogen-bond donors (Lipinski definition) is 1. The minimum Gasteiger partial charge on any atom is -0.325 e. The Kier molecular flexibility index (Phi) is 5.81. The van der Waals surface area contributed by atoms with Crippen LogP contribution in [0.25, 0.3) is 11.1 Å². The average Bonchev–Trinajstić information content (AvgIpc) is 3.52. The number of benzene rings is 2. The number of nitrogens with one attached hydrogen (secondary N) is 1. The van der Waals surface area contributed by atoms with E-state index in [1.807, 2.05) is 67.6 Å². The van der Waals surface area contributed by atoms with Crippen molar-refractivity contribution in [3.63, 3.8) is 0 Å². The lowest BCUT2D eigenvalue weighted by atomic mass is 10.0. The van der Waals surface area contributed by atoms with Crippen molar-refractivity contribution in [2.45, 2.75) is 42.6 Å². The van der Waals surface area contributed by atoms with Gasteiger partial charge in [-0.3, -0.25) is 4.79 Å². The molecular weight excluding hydrogens is 380 g/mol. The maximum Gasteiger partial charge on any atom is 0.237 e. The lowest BCUT2D eigenvalue weighted by Crippen LogP contribution is -2.23. The number of thioether (sulfide) groups is 1. The number of allylic oxidation sites excluding steroid dienone is 1. The Hall–Kier alpha value is -2.86. The van der Waals surface area contributed by atoms with E-state index >= 15 is 0 Å². The minimum absolute atomic E-state index is 0.0560. The van der Waals surface area contributed by atoms with Gasteiger partial charge in [0.25, 0.3) is 0 Å². The van der Waals surface area contributed by atoms with E-state index in [9.17, 15) is 4.79 Å². The Bertz CT molecular complexity index is 1010. The molecule has 5 nitrogen and oxygen atoms in total. The molecule has 1 saturated carbocycles. The predicted octanol–water partition coefficient (Wildman–Crippen LogP) is 5.13. The van der Waals surface area contributed by atoms with E-state index in [0.29, 0.717) is 12.5 Å². The van der Waals surface area contributed by atoms with Gasteiger partial charge in [0.2, 0.25) is 5.91 Å². The second-order valence-corrected chi connectivity index (χ2v) is 8.48. The molecule has 0 saturated heterocycles. The highest BCUT2D eigenvalue weighted by Gasteiger charge is 2.31. The summed E-state index contributed by atoms with van der Waals surface area (Å²) in [6, 6.07) is 17.9. The van der Waals surface area contributed by atoms with Crippen molar-refractivity contribution in [3.05, 3.63) is 73.1 Å². The maximum absolute atomic E-state index is 12.9. The zero-order valence-electron chi connectivity index (χ0n) is 16.4. The fourth-order valence-corrected chi connectivity index (χ4v) is 4.10. The summed E-state index contributed by atoms with van der Waals surface area (Å²) in [6.45, 7) is 6.40. The number of carbonyl (C=O) groups is 1. The van der Waals surface area contributed by atoms with Crippen molar-refractivity contribution in [3.8, 4) is 11.1 Å². The topological polar surface area (TPSA) is 59.8 Å². The highest BCUT2D eigenvalue weighted by molar-refractivity contribution is 8.00. The van der Waals surface area contributed by atoms with Gasteiger partial charge in [-0.2, -0.15) is 0 Å². The first-order chi connectivity index (χ1) is 14.2. The average molecular weight is 405 g/mol. The zero-order valence-corrected chi connectivity index (χ0v) is 17.2. The summed E-state index contributed by atoms with van der Waals surface area (Å²) in [4.78, 5) is 12.9. The molecule has 1 aliphatic rings. The minimum atomic E-state index is -0.307. The summed E-state index contributed by atoms with van der Waals surface area (Å²) in [5, 5.41) is 12.2. The fourth-order valence-electron chi connectivity index (χ4n) is 3.24. The third-order valence-electron chi connectivity index (χ3n) is 4.92. The van der Waals surface area contributed by atoms with Gasteiger partial charge in [0.1, 0.15) is 5.82 Å². The van der Waals surface area contributed by atoms with Crippen molar-refractivity contribution < 1.29 is 4.79 Å². The molecule has 3 aromatic rings. The van der Waals surface area contributed by atoms with Gasteiger partial charge in [-0.15, -0.1) is 16.8 Å². The molecule has 6 heteroatoms. The molecule has 0 aliphatic heterocycles. The van der Waals surface area contributed by atoms with Gasteiger partial charge in [0.15, 0.2) is 5.16 Å². The molecule has 148 valence electrons. The molecule has 1 atom stereocenters. The first kappa shape index (κ1) is 19.5. The van der Waals surface area contributed by atoms with Crippen LogP contribution in [0.5, 0.6) is 0 Å². The maximum atomic E-state index is 12.9. The predicted molar refractivity (Wildman–Crippen MR) is 118 cm³/mol. The molecule has 1 N–H and O–H groups in total. The SMILES string of the molecule is C=CCn1c(SC(C)C(=O)Nc2ccccc2-c2ccccc2)nnc1C1CC1. The molecule has 1 fully saturated rings. The Morgan fingerprint density at radius 1 is 1.21 bits per heavy atom.